The minimum atomic E-state index is 0.0538. The summed E-state index contributed by atoms with van der Waals surface area (Å²) < 4.78 is 0. The average Bonchev–Trinajstić information content (AvgIpc) is 3.10. The molecule has 1 fully saturated rings. The van der Waals surface area contributed by atoms with Crippen LogP contribution in [0, 0.1) is 13.8 Å². The highest BCUT2D eigenvalue weighted by Crippen LogP contribution is 2.32. The van der Waals surface area contributed by atoms with E-state index in [1.165, 1.54) is 5.56 Å². The van der Waals surface area contributed by atoms with E-state index in [1.54, 1.807) is 6.08 Å². The molecule has 3 N–H and O–H groups in total. The van der Waals surface area contributed by atoms with Crippen molar-refractivity contribution >= 4 is 28.7 Å². The topological polar surface area (TPSA) is 87.9 Å². The number of benzene rings is 1. The van der Waals surface area contributed by atoms with Gasteiger partial charge < -0.3 is 15.6 Å². The Kier molecular flexibility index (Phi) is 4.86. The molecule has 6 heteroatoms. The fourth-order valence-corrected chi connectivity index (χ4v) is 3.84. The number of carbonyl (C=O) groups excluding carboxylic acids is 1. The average molecular weight is 375 g/mol. The molecular formula is C22H25N5O. The molecule has 3 aromatic rings. The molecule has 28 heavy (non-hydrogen) atoms. The van der Waals surface area contributed by atoms with Gasteiger partial charge in [-0.1, -0.05) is 12.1 Å². The van der Waals surface area contributed by atoms with E-state index in [-0.39, 0.29) is 5.91 Å². The van der Waals surface area contributed by atoms with Gasteiger partial charge in [-0.05, 0) is 56.4 Å². The van der Waals surface area contributed by atoms with Gasteiger partial charge >= 0.3 is 0 Å². The number of aromatic nitrogens is 3. The van der Waals surface area contributed by atoms with Crippen LogP contribution in [0.2, 0.25) is 0 Å². The van der Waals surface area contributed by atoms with Gasteiger partial charge in [0, 0.05) is 36.6 Å². The molecule has 0 bridgehead atoms. The van der Waals surface area contributed by atoms with E-state index in [2.05, 4.69) is 15.0 Å². The molecule has 1 aliphatic heterocycles. The van der Waals surface area contributed by atoms with E-state index in [0.717, 1.165) is 59.7 Å². The molecular weight excluding hydrogens is 350 g/mol. The standard InChI is InChI=1S/C22H25N5O/c1-14-21-22(26-15(2)25-21)19(13-24-14)17-9-11-27(12-10-17)20(28)8-5-16-3-6-18(23)7-4-16/h3-8,13,17H,9-12,23H2,1-2H3,(H,25,26). The number of carbonyl (C=O) groups is 1. The summed E-state index contributed by atoms with van der Waals surface area (Å²) in [6.45, 7) is 5.46. The number of aryl methyl sites for hydroxylation is 2. The molecule has 1 saturated heterocycles. The van der Waals surface area contributed by atoms with Crippen LogP contribution in [-0.2, 0) is 4.79 Å². The van der Waals surface area contributed by atoms with Crippen LogP contribution in [0.4, 0.5) is 5.69 Å². The first-order valence-electron chi connectivity index (χ1n) is 9.65. The molecule has 0 spiro atoms. The Morgan fingerprint density at radius 2 is 1.93 bits per heavy atom. The van der Waals surface area contributed by atoms with Crippen LogP contribution in [0.15, 0.2) is 36.5 Å². The van der Waals surface area contributed by atoms with Crippen LogP contribution in [0.5, 0.6) is 0 Å². The Hall–Kier alpha value is -3.15. The number of hydrogen-bond donors (Lipinski definition) is 2. The molecule has 0 unspecified atom stereocenters. The summed E-state index contributed by atoms with van der Waals surface area (Å²) in [6.07, 6.45) is 7.30. The molecule has 6 nitrogen and oxygen atoms in total. The second kappa shape index (κ2) is 7.46. The number of imidazole rings is 1. The summed E-state index contributed by atoms with van der Waals surface area (Å²) in [4.78, 5) is 27.0. The predicted molar refractivity (Wildman–Crippen MR) is 112 cm³/mol. The molecule has 0 aliphatic carbocycles. The second-order valence-corrected chi connectivity index (χ2v) is 7.44. The van der Waals surface area contributed by atoms with Crippen molar-refractivity contribution in [1.29, 1.82) is 0 Å². The van der Waals surface area contributed by atoms with Gasteiger partial charge in [-0.3, -0.25) is 9.78 Å². The van der Waals surface area contributed by atoms with Crippen molar-refractivity contribution < 1.29 is 4.79 Å². The number of anilines is 1. The van der Waals surface area contributed by atoms with Crippen LogP contribution in [0.3, 0.4) is 0 Å². The van der Waals surface area contributed by atoms with Gasteiger partial charge in [0.05, 0.1) is 16.7 Å². The van der Waals surface area contributed by atoms with Gasteiger partial charge in [-0.25, -0.2) is 4.98 Å². The molecule has 144 valence electrons. The normalized spacial score (nSPS) is 15.6. The quantitative estimate of drug-likeness (QED) is 0.541. The summed E-state index contributed by atoms with van der Waals surface area (Å²) in [5.41, 5.74) is 11.6. The Morgan fingerprint density at radius 1 is 1.21 bits per heavy atom. The first kappa shape index (κ1) is 18.2. The number of nitrogen functional groups attached to an aromatic ring is 1. The highest BCUT2D eigenvalue weighted by Gasteiger charge is 2.25. The van der Waals surface area contributed by atoms with Gasteiger partial charge in [-0.2, -0.15) is 0 Å². The van der Waals surface area contributed by atoms with Crippen LogP contribution in [-0.4, -0.2) is 38.8 Å². The van der Waals surface area contributed by atoms with E-state index in [9.17, 15) is 4.79 Å². The molecule has 3 heterocycles. The largest absolute Gasteiger partial charge is 0.399 e. The lowest BCUT2D eigenvalue weighted by molar-refractivity contribution is -0.126. The van der Waals surface area contributed by atoms with Crippen molar-refractivity contribution in [3.8, 4) is 0 Å². The minimum Gasteiger partial charge on any atom is -0.399 e. The van der Waals surface area contributed by atoms with Crippen molar-refractivity contribution in [2.45, 2.75) is 32.6 Å². The molecule has 1 aromatic carbocycles. The second-order valence-electron chi connectivity index (χ2n) is 7.44. The van der Waals surface area contributed by atoms with Crippen LogP contribution in [0.1, 0.15) is 41.4 Å². The highest BCUT2D eigenvalue weighted by atomic mass is 16.2. The van der Waals surface area contributed by atoms with E-state index in [0.29, 0.717) is 5.92 Å². The maximum atomic E-state index is 12.5. The fraction of sp³-hybridized carbons (Fsp3) is 0.318. The summed E-state index contributed by atoms with van der Waals surface area (Å²) in [5.74, 6) is 1.34. The van der Waals surface area contributed by atoms with E-state index < -0.39 is 0 Å². The van der Waals surface area contributed by atoms with Crippen LogP contribution < -0.4 is 5.73 Å². The monoisotopic (exact) mass is 375 g/mol. The van der Waals surface area contributed by atoms with Crippen LogP contribution in [0.25, 0.3) is 17.1 Å². The number of aromatic amines is 1. The number of nitrogens with two attached hydrogens (primary N) is 1. The van der Waals surface area contributed by atoms with Crippen molar-refractivity contribution in [3.63, 3.8) is 0 Å². The Labute approximate surface area is 164 Å². The number of nitrogens with zero attached hydrogens (tertiary/aromatic N) is 3. The number of likely N-dealkylation sites (tertiary alicyclic amines) is 1. The van der Waals surface area contributed by atoms with Crippen molar-refractivity contribution in [1.82, 2.24) is 19.9 Å². The van der Waals surface area contributed by atoms with E-state index in [1.807, 2.05) is 55.3 Å². The lowest BCUT2D eigenvalue weighted by Crippen LogP contribution is -2.36. The number of piperidine rings is 1. The number of rotatable bonds is 3. The maximum absolute atomic E-state index is 12.5. The van der Waals surface area contributed by atoms with E-state index in [4.69, 9.17) is 5.73 Å². The fourth-order valence-electron chi connectivity index (χ4n) is 3.84. The van der Waals surface area contributed by atoms with Crippen LogP contribution >= 0.6 is 0 Å². The minimum absolute atomic E-state index is 0.0538. The lowest BCUT2D eigenvalue weighted by atomic mass is 9.89. The van der Waals surface area contributed by atoms with Gasteiger partial charge in [0.1, 0.15) is 5.82 Å². The first-order valence-corrected chi connectivity index (χ1v) is 9.65. The molecule has 4 rings (SSSR count). The van der Waals surface area contributed by atoms with Crippen molar-refractivity contribution in [2.24, 2.45) is 0 Å². The predicted octanol–water partition coefficient (Wildman–Crippen LogP) is 3.58. The lowest BCUT2D eigenvalue weighted by Gasteiger charge is -2.31. The molecule has 1 aliphatic rings. The number of nitrogens with one attached hydrogen (secondary N) is 1. The third kappa shape index (κ3) is 3.63. The van der Waals surface area contributed by atoms with Crippen molar-refractivity contribution in [3.05, 3.63) is 59.2 Å². The molecule has 0 radical (unpaired) electrons. The Bertz CT molecular complexity index is 1030. The number of fused-ring (bicyclic) bond motifs is 1. The number of pyridine rings is 1. The number of hydrogen-bond acceptors (Lipinski definition) is 4. The summed E-state index contributed by atoms with van der Waals surface area (Å²) in [5, 5.41) is 0. The first-order chi connectivity index (χ1) is 13.5. The zero-order valence-corrected chi connectivity index (χ0v) is 16.3. The SMILES string of the molecule is Cc1nc2c(C3CCN(C(=O)C=Cc4ccc(N)cc4)CC3)cnc(C)c2[nH]1. The third-order valence-electron chi connectivity index (χ3n) is 5.46. The summed E-state index contributed by atoms with van der Waals surface area (Å²) in [7, 11) is 0. The van der Waals surface area contributed by atoms with Gasteiger partial charge in [-0.15, -0.1) is 0 Å². The summed E-state index contributed by atoms with van der Waals surface area (Å²) >= 11 is 0. The molecule has 0 saturated carbocycles. The maximum Gasteiger partial charge on any atom is 0.246 e. The van der Waals surface area contributed by atoms with Gasteiger partial charge in [0.25, 0.3) is 0 Å². The number of H-pyrrole nitrogens is 1. The van der Waals surface area contributed by atoms with Gasteiger partial charge in [0.15, 0.2) is 0 Å². The molecule has 0 atom stereocenters. The molecule has 2 aromatic heterocycles. The molecule has 1 amide bonds. The third-order valence-corrected chi connectivity index (χ3v) is 5.46. The van der Waals surface area contributed by atoms with Gasteiger partial charge in [0.2, 0.25) is 5.91 Å². The smallest absolute Gasteiger partial charge is 0.246 e. The van der Waals surface area contributed by atoms with E-state index >= 15 is 0 Å². The Morgan fingerprint density at radius 3 is 2.64 bits per heavy atom. The Balaban J connectivity index is 1.43. The van der Waals surface area contributed by atoms with Crippen molar-refractivity contribution in [2.75, 3.05) is 18.8 Å². The highest BCUT2D eigenvalue weighted by molar-refractivity contribution is 5.92. The zero-order valence-electron chi connectivity index (χ0n) is 16.3. The zero-order chi connectivity index (χ0) is 19.7. The number of amides is 1. The summed E-state index contributed by atoms with van der Waals surface area (Å²) in [6, 6.07) is 7.49.